The number of benzene rings is 1. The Bertz CT molecular complexity index is 830. The fraction of sp³-hybridized carbons (Fsp3) is 0.353. The average molecular weight is 393 g/mol. The van der Waals surface area contributed by atoms with E-state index < -0.39 is 11.6 Å². The number of aromatic nitrogens is 1. The molecule has 0 radical (unpaired) electrons. The van der Waals surface area contributed by atoms with E-state index in [0.29, 0.717) is 13.2 Å². The van der Waals surface area contributed by atoms with Crippen molar-refractivity contribution in [3.8, 4) is 0 Å². The number of non-ortho nitro benzene ring substituents is 1. The van der Waals surface area contributed by atoms with E-state index in [0.717, 1.165) is 11.1 Å². The predicted molar refractivity (Wildman–Crippen MR) is 102 cm³/mol. The molecule has 26 heavy (non-hydrogen) atoms. The van der Waals surface area contributed by atoms with E-state index in [2.05, 4.69) is 10.1 Å². The maximum atomic E-state index is 10.9. The van der Waals surface area contributed by atoms with Gasteiger partial charge in [-0.15, -0.1) is 0 Å². The van der Waals surface area contributed by atoms with Gasteiger partial charge in [-0.05, 0) is 41.1 Å². The molecule has 2 aromatic rings. The molecule has 2 atom stereocenters. The van der Waals surface area contributed by atoms with Crippen LogP contribution in [-0.2, 0) is 27.4 Å². The molecule has 1 aliphatic rings. The van der Waals surface area contributed by atoms with Crippen LogP contribution in [0.1, 0.15) is 31.1 Å². The molecule has 2 heterocycles. The molecule has 0 saturated carbocycles. The largest absolute Gasteiger partial charge is 0.317 e. The molecular formula is C17H20N3O4PS. The Morgan fingerprint density at radius 2 is 2.12 bits per heavy atom. The van der Waals surface area contributed by atoms with Crippen LogP contribution in [0.15, 0.2) is 48.8 Å². The third-order valence-corrected chi connectivity index (χ3v) is 6.63. The van der Waals surface area contributed by atoms with Crippen LogP contribution in [-0.4, -0.2) is 16.5 Å². The van der Waals surface area contributed by atoms with Crippen molar-refractivity contribution in [2.45, 2.75) is 26.5 Å². The third kappa shape index (κ3) is 4.34. The molecule has 0 bridgehead atoms. The molecule has 1 fully saturated rings. The number of nitrogens with one attached hydrogen (secondary N) is 1. The molecule has 1 aromatic heterocycles. The van der Waals surface area contributed by atoms with E-state index in [9.17, 15) is 10.1 Å². The number of nitro benzene ring substituents is 1. The van der Waals surface area contributed by atoms with E-state index in [-0.39, 0.29) is 17.2 Å². The highest BCUT2D eigenvalue weighted by Gasteiger charge is 2.42. The van der Waals surface area contributed by atoms with E-state index in [4.69, 9.17) is 20.9 Å². The molecule has 0 unspecified atom stereocenters. The molecule has 138 valence electrons. The third-order valence-electron chi connectivity index (χ3n) is 4.17. The average Bonchev–Trinajstić information content (AvgIpc) is 2.63. The van der Waals surface area contributed by atoms with Crippen molar-refractivity contribution in [2.75, 3.05) is 6.61 Å². The summed E-state index contributed by atoms with van der Waals surface area (Å²) in [6.45, 7) is 2.30. The minimum atomic E-state index is -2.69. The van der Waals surface area contributed by atoms with Gasteiger partial charge in [-0.1, -0.05) is 19.9 Å². The van der Waals surface area contributed by atoms with Gasteiger partial charge in [0.25, 0.3) is 12.3 Å². The lowest BCUT2D eigenvalue weighted by molar-refractivity contribution is -0.384. The van der Waals surface area contributed by atoms with Crippen molar-refractivity contribution < 1.29 is 14.0 Å². The van der Waals surface area contributed by atoms with Gasteiger partial charge in [-0.3, -0.25) is 15.1 Å². The summed E-state index contributed by atoms with van der Waals surface area (Å²) in [6.07, 6.45) is 3.16. The first-order valence-electron chi connectivity index (χ1n) is 8.10. The topological polar surface area (TPSA) is 86.5 Å². The Labute approximate surface area is 157 Å². The molecule has 9 heteroatoms. The van der Waals surface area contributed by atoms with Gasteiger partial charge in [0.15, 0.2) is 0 Å². The van der Waals surface area contributed by atoms with Crippen molar-refractivity contribution in [1.29, 1.82) is 0 Å². The Morgan fingerprint density at radius 3 is 2.73 bits per heavy atom. The summed E-state index contributed by atoms with van der Waals surface area (Å²) in [6, 6.07) is 10.2. The van der Waals surface area contributed by atoms with E-state index in [1.165, 1.54) is 12.1 Å². The Kier molecular flexibility index (Phi) is 5.50. The van der Waals surface area contributed by atoms with Gasteiger partial charge < -0.3 is 9.05 Å². The van der Waals surface area contributed by atoms with Gasteiger partial charge >= 0.3 is 0 Å². The summed E-state index contributed by atoms with van der Waals surface area (Å²) in [7, 11) is 0. The molecule has 3 rings (SSSR count). The van der Waals surface area contributed by atoms with Crippen LogP contribution in [0.4, 0.5) is 5.69 Å². The maximum Gasteiger partial charge on any atom is 0.269 e. The highest BCUT2D eigenvalue weighted by Crippen LogP contribution is 2.58. The lowest BCUT2D eigenvalue weighted by atomic mass is 9.83. The van der Waals surface area contributed by atoms with Crippen LogP contribution in [0.5, 0.6) is 0 Å². The molecule has 1 N–H and O–H groups in total. The zero-order chi connectivity index (χ0) is 18.8. The van der Waals surface area contributed by atoms with E-state index in [1.807, 2.05) is 26.0 Å². The highest BCUT2D eigenvalue weighted by molar-refractivity contribution is 8.09. The van der Waals surface area contributed by atoms with Crippen LogP contribution >= 0.6 is 6.64 Å². The molecule has 1 aliphatic heterocycles. The zero-order valence-electron chi connectivity index (χ0n) is 14.5. The van der Waals surface area contributed by atoms with Gasteiger partial charge in [0.1, 0.15) is 0 Å². The second-order valence-corrected chi connectivity index (χ2v) is 10.0. The molecule has 1 aromatic carbocycles. The first kappa shape index (κ1) is 19.1. The quantitative estimate of drug-likeness (QED) is 0.464. The minimum absolute atomic E-state index is 0.0488. The number of pyridine rings is 1. The predicted octanol–water partition coefficient (Wildman–Crippen LogP) is 4.12. The number of rotatable bonds is 5. The molecular weight excluding hydrogens is 373 g/mol. The summed E-state index contributed by atoms with van der Waals surface area (Å²) < 4.78 is 12.1. The maximum absolute atomic E-state index is 10.9. The molecule has 0 aliphatic carbocycles. The van der Waals surface area contributed by atoms with Gasteiger partial charge in [0.05, 0.1) is 17.6 Å². The lowest BCUT2D eigenvalue weighted by Crippen LogP contribution is -2.35. The highest BCUT2D eigenvalue weighted by atomic mass is 32.5. The van der Waals surface area contributed by atoms with E-state index in [1.54, 1.807) is 24.5 Å². The number of nitrogens with zero attached hydrogens (tertiary/aromatic N) is 2. The second kappa shape index (κ2) is 7.50. The first-order valence-corrected chi connectivity index (χ1v) is 10.7. The monoisotopic (exact) mass is 393 g/mol. The van der Waals surface area contributed by atoms with Crippen molar-refractivity contribution in [1.82, 2.24) is 10.1 Å². The van der Waals surface area contributed by atoms with Crippen molar-refractivity contribution in [3.63, 3.8) is 0 Å². The fourth-order valence-electron chi connectivity index (χ4n) is 2.70. The Hall–Kier alpha value is -1.70. The van der Waals surface area contributed by atoms with Crippen LogP contribution < -0.4 is 5.09 Å². The number of nitro groups is 1. The van der Waals surface area contributed by atoms with E-state index >= 15 is 0 Å². The Balaban J connectivity index is 1.77. The smallest absolute Gasteiger partial charge is 0.269 e. The first-order chi connectivity index (χ1) is 12.3. The van der Waals surface area contributed by atoms with Crippen LogP contribution in [0.3, 0.4) is 0 Å². The van der Waals surface area contributed by atoms with Crippen molar-refractivity contribution >= 4 is 24.1 Å². The molecule has 1 saturated heterocycles. The Morgan fingerprint density at radius 1 is 1.38 bits per heavy atom. The summed E-state index contributed by atoms with van der Waals surface area (Å²) in [5, 5.41) is 14.1. The molecule has 0 amide bonds. The zero-order valence-corrected chi connectivity index (χ0v) is 16.2. The van der Waals surface area contributed by atoms with Crippen LogP contribution in [0.2, 0.25) is 0 Å². The summed E-state index contributed by atoms with van der Waals surface area (Å²) in [4.78, 5) is 14.5. The fourth-order valence-corrected chi connectivity index (χ4v) is 5.10. The second-order valence-electron chi connectivity index (χ2n) is 6.79. The number of hydrogen-bond donors (Lipinski definition) is 1. The lowest BCUT2D eigenvalue weighted by Gasteiger charge is -2.43. The normalized spacial score (nSPS) is 24.9. The summed E-state index contributed by atoms with van der Waals surface area (Å²) >= 11 is 5.63. The SMILES string of the molecule is CC1(C)CO[P@@](=S)(NCc2cccnc2)O[C@H]1c1ccc([N+](=O)[O-])cc1. The van der Waals surface area contributed by atoms with Crippen molar-refractivity contribution in [2.24, 2.45) is 5.41 Å². The van der Waals surface area contributed by atoms with Gasteiger partial charge in [0.2, 0.25) is 0 Å². The van der Waals surface area contributed by atoms with Gasteiger partial charge in [-0.2, -0.15) is 0 Å². The van der Waals surface area contributed by atoms with Crippen molar-refractivity contribution in [3.05, 3.63) is 70.0 Å². The van der Waals surface area contributed by atoms with Gasteiger partial charge in [0, 0.05) is 36.5 Å². The van der Waals surface area contributed by atoms with Crippen LogP contribution in [0, 0.1) is 15.5 Å². The number of hydrogen-bond acceptors (Lipinski definition) is 6. The summed E-state index contributed by atoms with van der Waals surface area (Å²) in [5.41, 5.74) is 1.57. The van der Waals surface area contributed by atoms with Crippen LogP contribution in [0.25, 0.3) is 0 Å². The summed E-state index contributed by atoms with van der Waals surface area (Å²) in [5.74, 6) is 0. The molecule has 0 spiro atoms. The molecule has 7 nitrogen and oxygen atoms in total. The van der Waals surface area contributed by atoms with Gasteiger partial charge in [-0.25, -0.2) is 5.09 Å². The minimum Gasteiger partial charge on any atom is -0.317 e. The standard InChI is InChI=1S/C17H20N3O4PS/c1-17(2)12-23-25(26,19-11-13-4-3-9-18-10-13)24-16(17)14-5-7-15(8-6-14)20(21)22/h3-10,16H,11-12H2,1-2H3,(H,19,26)/t16-,25-/m0/s1.